The van der Waals surface area contributed by atoms with Gasteiger partial charge < -0.3 is 4.74 Å². The van der Waals surface area contributed by atoms with Crippen molar-refractivity contribution in [2.45, 2.75) is 6.42 Å². The summed E-state index contributed by atoms with van der Waals surface area (Å²) in [5.74, 6) is 0.240. The molecule has 1 N–H and O–H groups in total. The highest BCUT2D eigenvalue weighted by Gasteiger charge is 2.17. The number of hydrogen-bond donors (Lipinski definition) is 1. The van der Waals surface area contributed by atoms with Gasteiger partial charge in [-0.2, -0.15) is 5.10 Å². The minimum atomic E-state index is -0.465. The molecule has 1 heterocycles. The number of hydrogen-bond acceptors (Lipinski definition) is 5. The normalized spacial score (nSPS) is 15.0. The van der Waals surface area contributed by atoms with E-state index in [1.165, 1.54) is 24.3 Å². The number of rotatable bonds is 3. The maximum atomic E-state index is 13.4. The third-order valence-corrected chi connectivity index (χ3v) is 3.25. The molecular formula is C15H12FN3O3. The Balaban J connectivity index is 1.82. The molecular weight excluding hydrogens is 289 g/mol. The van der Waals surface area contributed by atoms with Crippen LogP contribution in [0.25, 0.3) is 0 Å². The van der Waals surface area contributed by atoms with Gasteiger partial charge in [-0.25, -0.2) is 4.39 Å². The fraction of sp³-hybridized carbons (Fsp3) is 0.133. The van der Waals surface area contributed by atoms with Gasteiger partial charge in [0.05, 0.1) is 22.9 Å². The van der Waals surface area contributed by atoms with Gasteiger partial charge in [-0.3, -0.25) is 15.5 Å². The number of nitro benzene ring substituents is 1. The van der Waals surface area contributed by atoms with Crippen molar-refractivity contribution in [2.24, 2.45) is 5.10 Å². The number of nitrogens with zero attached hydrogens (tertiary/aromatic N) is 2. The molecule has 0 saturated heterocycles. The lowest BCUT2D eigenvalue weighted by atomic mass is 10.0. The van der Waals surface area contributed by atoms with Gasteiger partial charge in [0.2, 0.25) is 0 Å². The van der Waals surface area contributed by atoms with Crippen LogP contribution in [-0.4, -0.2) is 17.2 Å². The number of benzene rings is 2. The van der Waals surface area contributed by atoms with Crippen molar-refractivity contribution < 1.29 is 14.1 Å². The van der Waals surface area contributed by atoms with Gasteiger partial charge in [0.15, 0.2) is 0 Å². The molecule has 0 bridgehead atoms. The van der Waals surface area contributed by atoms with Gasteiger partial charge in [-0.1, -0.05) is 0 Å². The Labute approximate surface area is 125 Å². The van der Waals surface area contributed by atoms with Crippen molar-refractivity contribution in [2.75, 3.05) is 12.0 Å². The van der Waals surface area contributed by atoms with Gasteiger partial charge in [-0.15, -0.1) is 0 Å². The van der Waals surface area contributed by atoms with Gasteiger partial charge in [-0.05, 0) is 30.3 Å². The van der Waals surface area contributed by atoms with E-state index >= 15 is 0 Å². The highest BCUT2D eigenvalue weighted by Crippen LogP contribution is 2.26. The number of ether oxygens (including phenoxy) is 1. The van der Waals surface area contributed by atoms with E-state index in [1.54, 1.807) is 18.2 Å². The van der Waals surface area contributed by atoms with Crippen molar-refractivity contribution >= 4 is 17.1 Å². The first kappa shape index (κ1) is 14.0. The molecule has 0 spiro atoms. The maximum Gasteiger partial charge on any atom is 0.269 e. The van der Waals surface area contributed by atoms with Crippen molar-refractivity contribution in [1.29, 1.82) is 0 Å². The zero-order valence-corrected chi connectivity index (χ0v) is 11.5. The number of hydrazone groups is 1. The van der Waals surface area contributed by atoms with Crippen LogP contribution in [0.3, 0.4) is 0 Å². The molecule has 0 amide bonds. The Bertz CT molecular complexity index is 744. The third kappa shape index (κ3) is 2.88. The van der Waals surface area contributed by atoms with Crippen molar-refractivity contribution in [1.82, 2.24) is 0 Å². The zero-order chi connectivity index (χ0) is 15.5. The molecule has 0 aromatic heterocycles. The number of halogens is 1. The quantitative estimate of drug-likeness (QED) is 0.697. The summed E-state index contributed by atoms with van der Waals surface area (Å²) in [5, 5.41) is 14.9. The average molecular weight is 301 g/mol. The summed E-state index contributed by atoms with van der Waals surface area (Å²) >= 11 is 0. The van der Waals surface area contributed by atoms with Crippen LogP contribution in [0.5, 0.6) is 5.75 Å². The Hall–Kier alpha value is -2.96. The van der Waals surface area contributed by atoms with Crippen molar-refractivity contribution in [3.8, 4) is 5.75 Å². The number of nitro groups is 1. The summed E-state index contributed by atoms with van der Waals surface area (Å²) in [6.45, 7) is 0.472. The largest absolute Gasteiger partial charge is 0.492 e. The van der Waals surface area contributed by atoms with Gasteiger partial charge in [0.1, 0.15) is 11.6 Å². The summed E-state index contributed by atoms with van der Waals surface area (Å²) in [4.78, 5) is 10.1. The van der Waals surface area contributed by atoms with Crippen molar-refractivity contribution in [3.05, 3.63) is 64.0 Å². The standard InChI is InChI=1S/C15H12FN3O3/c16-10-1-6-15-13(9-10)14(7-8-22-15)18-17-11-2-4-12(5-3-11)19(20)21/h1-6,9,17H,7-8H2/b18-14+. The summed E-state index contributed by atoms with van der Waals surface area (Å²) in [5.41, 5.74) is 4.74. The predicted molar refractivity (Wildman–Crippen MR) is 79.8 cm³/mol. The minimum Gasteiger partial charge on any atom is -0.492 e. The van der Waals surface area contributed by atoms with Crippen LogP contribution in [0.15, 0.2) is 47.6 Å². The Morgan fingerprint density at radius 3 is 2.73 bits per heavy atom. The Morgan fingerprint density at radius 2 is 2.00 bits per heavy atom. The van der Waals surface area contributed by atoms with Crippen LogP contribution in [0, 0.1) is 15.9 Å². The molecule has 0 atom stereocenters. The average Bonchev–Trinajstić information content (AvgIpc) is 2.53. The van der Waals surface area contributed by atoms with Crippen LogP contribution < -0.4 is 10.2 Å². The molecule has 0 aliphatic carbocycles. The van der Waals surface area contributed by atoms with E-state index in [4.69, 9.17) is 4.74 Å². The topological polar surface area (TPSA) is 76.8 Å². The lowest BCUT2D eigenvalue weighted by molar-refractivity contribution is -0.384. The summed E-state index contributed by atoms with van der Waals surface area (Å²) in [6, 6.07) is 10.2. The smallest absolute Gasteiger partial charge is 0.269 e. The Kier molecular flexibility index (Phi) is 3.69. The van der Waals surface area contributed by atoms with Crippen LogP contribution in [-0.2, 0) is 0 Å². The lowest BCUT2D eigenvalue weighted by Gasteiger charge is -2.19. The van der Waals surface area contributed by atoms with Gasteiger partial charge in [0.25, 0.3) is 5.69 Å². The van der Waals surface area contributed by atoms with E-state index in [2.05, 4.69) is 10.5 Å². The van der Waals surface area contributed by atoms with E-state index in [9.17, 15) is 14.5 Å². The summed E-state index contributed by atoms with van der Waals surface area (Å²) < 4.78 is 18.8. The Morgan fingerprint density at radius 1 is 1.23 bits per heavy atom. The zero-order valence-electron chi connectivity index (χ0n) is 11.5. The first-order valence-corrected chi connectivity index (χ1v) is 6.63. The second-order valence-corrected chi connectivity index (χ2v) is 4.71. The highest BCUT2D eigenvalue weighted by molar-refractivity contribution is 6.04. The summed E-state index contributed by atoms with van der Waals surface area (Å²) in [6.07, 6.45) is 0.552. The second-order valence-electron chi connectivity index (χ2n) is 4.71. The first-order valence-electron chi connectivity index (χ1n) is 6.63. The van der Waals surface area contributed by atoms with Crippen LogP contribution in [0.4, 0.5) is 15.8 Å². The van der Waals surface area contributed by atoms with E-state index in [-0.39, 0.29) is 11.5 Å². The molecule has 0 unspecified atom stereocenters. The summed E-state index contributed by atoms with van der Waals surface area (Å²) in [7, 11) is 0. The molecule has 3 rings (SSSR count). The highest BCUT2D eigenvalue weighted by atomic mass is 19.1. The molecule has 2 aromatic carbocycles. The molecule has 22 heavy (non-hydrogen) atoms. The van der Waals surface area contributed by atoms with Crippen LogP contribution in [0.2, 0.25) is 0 Å². The number of anilines is 1. The molecule has 1 aliphatic heterocycles. The third-order valence-electron chi connectivity index (χ3n) is 3.25. The van der Waals surface area contributed by atoms with E-state index in [0.717, 1.165) is 0 Å². The SMILES string of the molecule is O=[N+]([O-])c1ccc(N/N=C2\CCOc3ccc(F)cc32)cc1. The van der Waals surface area contributed by atoms with E-state index < -0.39 is 4.92 Å². The molecule has 0 fully saturated rings. The molecule has 2 aromatic rings. The van der Waals surface area contributed by atoms with Gasteiger partial charge in [0, 0.05) is 24.1 Å². The minimum absolute atomic E-state index is 0.0108. The van der Waals surface area contributed by atoms with Crippen LogP contribution in [0.1, 0.15) is 12.0 Å². The predicted octanol–water partition coefficient (Wildman–Crippen LogP) is 3.33. The lowest BCUT2D eigenvalue weighted by Crippen LogP contribution is -2.17. The van der Waals surface area contributed by atoms with E-state index in [1.807, 2.05) is 0 Å². The second kappa shape index (κ2) is 5.80. The molecule has 7 heteroatoms. The molecule has 0 radical (unpaired) electrons. The molecule has 112 valence electrons. The maximum absolute atomic E-state index is 13.4. The fourth-order valence-electron chi connectivity index (χ4n) is 2.15. The molecule has 1 aliphatic rings. The first-order chi connectivity index (χ1) is 10.6. The number of non-ortho nitro benzene ring substituents is 1. The van der Waals surface area contributed by atoms with Crippen molar-refractivity contribution in [3.63, 3.8) is 0 Å². The number of nitrogens with one attached hydrogen (secondary N) is 1. The molecule has 0 saturated carbocycles. The van der Waals surface area contributed by atoms with Crippen LogP contribution >= 0.6 is 0 Å². The number of fused-ring (bicyclic) bond motifs is 1. The van der Waals surface area contributed by atoms with Gasteiger partial charge >= 0.3 is 0 Å². The monoisotopic (exact) mass is 301 g/mol. The molecule has 6 nitrogen and oxygen atoms in total. The fourth-order valence-corrected chi connectivity index (χ4v) is 2.15. The van der Waals surface area contributed by atoms with E-state index in [0.29, 0.717) is 35.7 Å².